The molecule has 0 radical (unpaired) electrons. The fourth-order valence-electron chi connectivity index (χ4n) is 11.7. The molecular weight excluding hydrogens is 901 g/mol. The van der Waals surface area contributed by atoms with Gasteiger partial charge >= 0.3 is 0 Å². The number of para-hydroxylation sites is 3. The molecule has 1 aliphatic carbocycles. The van der Waals surface area contributed by atoms with Crippen molar-refractivity contribution < 1.29 is 0 Å². The number of pyridine rings is 3. The van der Waals surface area contributed by atoms with E-state index in [9.17, 15) is 0 Å². The van der Waals surface area contributed by atoms with E-state index in [1.165, 1.54) is 22.3 Å². The van der Waals surface area contributed by atoms with Gasteiger partial charge in [0.2, 0.25) is 0 Å². The second kappa shape index (κ2) is 17.3. The molecule has 3 aromatic heterocycles. The average Bonchev–Trinajstić information content (AvgIpc) is 3.68. The van der Waals surface area contributed by atoms with Crippen molar-refractivity contribution in [3.63, 3.8) is 0 Å². The summed E-state index contributed by atoms with van der Waals surface area (Å²) in [4.78, 5) is 21.9. The van der Waals surface area contributed by atoms with Crippen LogP contribution in [0.1, 0.15) is 25.0 Å². The highest BCUT2D eigenvalue weighted by Gasteiger charge is 2.38. The van der Waals surface area contributed by atoms with Gasteiger partial charge < -0.3 is 14.7 Å². The highest BCUT2D eigenvalue weighted by molar-refractivity contribution is 6.25. The van der Waals surface area contributed by atoms with Gasteiger partial charge in [0.25, 0.3) is 0 Å². The Kier molecular flexibility index (Phi) is 10.1. The van der Waals surface area contributed by atoms with Gasteiger partial charge in [0.1, 0.15) is 0 Å². The summed E-state index contributed by atoms with van der Waals surface area (Å²) in [5.74, 6) is 0. The minimum Gasteiger partial charge on any atom is -0.308 e. The molecule has 13 aromatic rings. The van der Waals surface area contributed by atoms with Crippen molar-refractivity contribution in [1.29, 1.82) is 0 Å². The van der Waals surface area contributed by atoms with Crippen LogP contribution < -0.4 is 14.7 Å². The van der Waals surface area contributed by atoms with Crippen molar-refractivity contribution in [2.45, 2.75) is 19.3 Å². The Bertz CT molecular complexity index is 4290. The molecule has 0 amide bonds. The molecule has 0 aliphatic heterocycles. The van der Waals surface area contributed by atoms with Gasteiger partial charge in [-0.15, -0.1) is 0 Å². The van der Waals surface area contributed by atoms with Gasteiger partial charge in [-0.2, -0.15) is 0 Å². The maximum Gasteiger partial charge on any atom is 0.0723 e. The van der Waals surface area contributed by atoms with E-state index in [0.29, 0.717) is 0 Å². The number of nitrogens with zero attached hydrogens (tertiary/aromatic N) is 6. The Morgan fingerprint density at radius 2 is 0.649 bits per heavy atom. The Balaban J connectivity index is 1.10. The molecule has 10 aromatic carbocycles. The third-order valence-corrected chi connectivity index (χ3v) is 15.2. The molecule has 0 saturated carbocycles. The van der Waals surface area contributed by atoms with E-state index in [1.54, 1.807) is 0 Å². The van der Waals surface area contributed by atoms with E-state index in [2.05, 4.69) is 247 Å². The lowest BCUT2D eigenvalue weighted by molar-refractivity contribution is 0.661. The fraction of sp³-hybridized carbons (Fsp3) is 0.0441. The van der Waals surface area contributed by atoms with Crippen LogP contribution in [0.4, 0.5) is 51.2 Å². The average molecular weight is 949 g/mol. The minimum atomic E-state index is -0.408. The number of aromatic nitrogens is 3. The first-order chi connectivity index (χ1) is 36.5. The number of hydrogen-bond acceptors (Lipinski definition) is 6. The summed E-state index contributed by atoms with van der Waals surface area (Å²) in [6, 6.07) is 78.9. The van der Waals surface area contributed by atoms with E-state index in [1.807, 2.05) is 37.2 Å². The van der Waals surface area contributed by atoms with Gasteiger partial charge in [0, 0.05) is 101 Å². The second-order valence-electron chi connectivity index (χ2n) is 19.7. The van der Waals surface area contributed by atoms with Crippen LogP contribution >= 0.6 is 0 Å². The van der Waals surface area contributed by atoms with Crippen molar-refractivity contribution in [2.75, 3.05) is 14.7 Å². The normalized spacial score (nSPS) is 12.6. The van der Waals surface area contributed by atoms with E-state index in [0.717, 1.165) is 105 Å². The number of rotatable bonds is 9. The lowest BCUT2D eigenvalue weighted by atomic mass is 9.81. The smallest absolute Gasteiger partial charge is 0.0723 e. The topological polar surface area (TPSA) is 48.4 Å². The molecule has 0 atom stereocenters. The third kappa shape index (κ3) is 6.83. The van der Waals surface area contributed by atoms with Gasteiger partial charge in [-0.25, -0.2) is 0 Å². The van der Waals surface area contributed by atoms with Crippen molar-refractivity contribution in [2.24, 2.45) is 0 Å². The zero-order valence-corrected chi connectivity index (χ0v) is 40.9. The monoisotopic (exact) mass is 948 g/mol. The molecule has 0 unspecified atom stereocenters. The molecule has 0 bridgehead atoms. The van der Waals surface area contributed by atoms with Crippen LogP contribution in [0.15, 0.2) is 256 Å². The molecular formula is C68H48N6. The summed E-state index contributed by atoms with van der Waals surface area (Å²) in [6.45, 7) is 4.78. The van der Waals surface area contributed by atoms with Crippen LogP contribution in [0.25, 0.3) is 65.0 Å². The van der Waals surface area contributed by atoms with Crippen LogP contribution in [-0.4, -0.2) is 15.0 Å². The van der Waals surface area contributed by atoms with Crippen molar-refractivity contribution >= 4 is 105 Å². The lowest BCUT2D eigenvalue weighted by Crippen LogP contribution is -2.18. The summed E-state index contributed by atoms with van der Waals surface area (Å²) < 4.78 is 0. The highest BCUT2D eigenvalue weighted by Crippen LogP contribution is 2.58. The molecule has 74 heavy (non-hydrogen) atoms. The number of benzene rings is 10. The van der Waals surface area contributed by atoms with Gasteiger partial charge in [0.15, 0.2) is 0 Å². The van der Waals surface area contributed by atoms with Gasteiger partial charge in [-0.3, -0.25) is 15.0 Å². The second-order valence-corrected chi connectivity index (χ2v) is 19.7. The first-order valence-corrected chi connectivity index (χ1v) is 25.2. The quantitative estimate of drug-likeness (QED) is 0.106. The van der Waals surface area contributed by atoms with Crippen LogP contribution in [-0.2, 0) is 5.41 Å². The molecule has 3 heterocycles. The van der Waals surface area contributed by atoms with Crippen LogP contribution in [0.3, 0.4) is 0 Å². The van der Waals surface area contributed by atoms with E-state index in [4.69, 9.17) is 15.0 Å². The summed E-state index contributed by atoms with van der Waals surface area (Å²) in [5, 5.41) is 11.1. The number of hydrogen-bond donors (Lipinski definition) is 0. The van der Waals surface area contributed by atoms with Gasteiger partial charge in [0.05, 0.1) is 47.0 Å². The largest absolute Gasteiger partial charge is 0.308 e. The molecule has 0 fully saturated rings. The fourth-order valence-corrected chi connectivity index (χ4v) is 11.7. The number of fused-ring (bicyclic) bond motifs is 8. The molecule has 1 aliphatic rings. The van der Waals surface area contributed by atoms with Crippen LogP contribution in [0.2, 0.25) is 0 Å². The van der Waals surface area contributed by atoms with E-state index < -0.39 is 5.41 Å². The summed E-state index contributed by atoms with van der Waals surface area (Å²) in [7, 11) is 0. The maximum absolute atomic E-state index is 4.93. The number of anilines is 9. The van der Waals surface area contributed by atoms with Crippen LogP contribution in [0.5, 0.6) is 0 Å². The Morgan fingerprint density at radius 3 is 1.11 bits per heavy atom. The molecule has 14 rings (SSSR count). The van der Waals surface area contributed by atoms with E-state index in [-0.39, 0.29) is 0 Å². The zero-order valence-electron chi connectivity index (χ0n) is 40.9. The molecule has 0 N–H and O–H groups in total. The standard InChI is InChI=1S/C68H48N6/c1-68(2)61-36-51(72(48-23-6-3-7-24-48)63-42-69-39-45-20-12-15-29-52(45)63)34-35-55(61)58-37-59-60(38-62(58)68)67(74(50-27-10-5-11-28-50)65-44-71-41-47-22-14-17-31-54(47)65)57-33-19-18-32-56(57)66(59)73(49-25-8-4-9-26-49)64-43-70-40-46-21-13-16-30-53(46)64/h3-44H,1-2H3. The van der Waals surface area contributed by atoms with Crippen molar-refractivity contribution in [1.82, 2.24) is 15.0 Å². The van der Waals surface area contributed by atoms with Crippen LogP contribution in [0, 0.1) is 0 Å². The molecule has 6 nitrogen and oxygen atoms in total. The lowest BCUT2D eigenvalue weighted by Gasteiger charge is -2.34. The summed E-state index contributed by atoms with van der Waals surface area (Å²) in [6.07, 6.45) is 11.9. The van der Waals surface area contributed by atoms with E-state index >= 15 is 0 Å². The first kappa shape index (κ1) is 43.2. The summed E-state index contributed by atoms with van der Waals surface area (Å²) in [5.41, 5.74) is 14.0. The SMILES string of the molecule is CC1(C)c2cc(N(c3ccccc3)c3cncc4ccccc34)ccc2-c2cc3c(N(c4ccccc4)c4cncc5ccccc45)c4ccccc4c(N(c4ccccc4)c4cncc5ccccc45)c3cc21. The maximum atomic E-state index is 4.93. The molecule has 6 heteroatoms. The Labute approximate surface area is 429 Å². The Morgan fingerprint density at radius 1 is 0.284 bits per heavy atom. The highest BCUT2D eigenvalue weighted by atomic mass is 15.2. The third-order valence-electron chi connectivity index (χ3n) is 15.2. The summed E-state index contributed by atoms with van der Waals surface area (Å²) >= 11 is 0. The van der Waals surface area contributed by atoms with Crippen molar-refractivity contribution in [3.05, 3.63) is 267 Å². The predicted octanol–water partition coefficient (Wildman–Crippen LogP) is 18.4. The predicted molar refractivity (Wildman–Crippen MR) is 309 cm³/mol. The van der Waals surface area contributed by atoms with Gasteiger partial charge in [-0.05, 0) is 82.9 Å². The molecule has 0 spiro atoms. The minimum absolute atomic E-state index is 0.408. The Hall–Kier alpha value is -9.65. The van der Waals surface area contributed by atoms with Gasteiger partial charge in [-0.1, -0.05) is 172 Å². The van der Waals surface area contributed by atoms with Crippen molar-refractivity contribution in [3.8, 4) is 11.1 Å². The first-order valence-electron chi connectivity index (χ1n) is 25.2. The molecule has 350 valence electrons. The molecule has 0 saturated heterocycles. The zero-order chi connectivity index (χ0) is 49.3.